The Morgan fingerprint density at radius 1 is 1.83 bits per heavy atom. The van der Waals surface area contributed by atoms with Gasteiger partial charge in [-0.3, -0.25) is 4.79 Å². The summed E-state index contributed by atoms with van der Waals surface area (Å²) in [6, 6.07) is -0.864. The minimum atomic E-state index is -1.02. The average molecular weight is 171 g/mol. The van der Waals surface area contributed by atoms with Gasteiger partial charge in [0.25, 0.3) is 0 Å². The van der Waals surface area contributed by atoms with E-state index < -0.39 is 12.0 Å². The van der Waals surface area contributed by atoms with E-state index in [1.165, 1.54) is 6.39 Å². The van der Waals surface area contributed by atoms with Crippen LogP contribution < -0.4 is 5.73 Å². The summed E-state index contributed by atoms with van der Waals surface area (Å²) in [7, 11) is 0. The van der Waals surface area contributed by atoms with Gasteiger partial charge in [0.2, 0.25) is 12.3 Å². The number of carboxylic acids is 1. The molecule has 0 radical (unpaired) electrons. The fraction of sp³-hybridized carbons (Fsp3) is 0.500. The summed E-state index contributed by atoms with van der Waals surface area (Å²) in [4.78, 5) is 10.3. The van der Waals surface area contributed by atoms with Gasteiger partial charge in [0.15, 0.2) is 0 Å². The Balaban J connectivity index is 2.31. The molecule has 0 aliphatic rings. The highest BCUT2D eigenvalue weighted by Crippen LogP contribution is 1.99. The van der Waals surface area contributed by atoms with Crippen LogP contribution in [0.15, 0.2) is 10.8 Å². The molecule has 0 bridgehead atoms. The molecule has 1 unspecified atom stereocenters. The summed E-state index contributed by atoms with van der Waals surface area (Å²) in [5.74, 6) is -0.610. The van der Waals surface area contributed by atoms with Crippen LogP contribution in [-0.4, -0.2) is 27.3 Å². The van der Waals surface area contributed by atoms with E-state index >= 15 is 0 Å². The number of carbonyl (C=O) groups is 1. The molecule has 1 heterocycles. The van der Waals surface area contributed by atoms with Crippen LogP contribution in [0, 0.1) is 0 Å². The lowest BCUT2D eigenvalue weighted by molar-refractivity contribution is -0.138. The Labute approximate surface area is 68.4 Å². The van der Waals surface area contributed by atoms with Crippen molar-refractivity contribution in [1.82, 2.24) is 10.2 Å². The molecule has 0 aliphatic carbocycles. The van der Waals surface area contributed by atoms with Gasteiger partial charge in [-0.2, -0.15) is 0 Å². The van der Waals surface area contributed by atoms with Gasteiger partial charge in [0.05, 0.1) is 0 Å². The number of aliphatic carboxylic acids is 1. The molecular formula is C6H9N3O3. The highest BCUT2D eigenvalue weighted by atomic mass is 16.4. The van der Waals surface area contributed by atoms with Crippen LogP contribution in [-0.2, 0) is 11.2 Å². The predicted molar refractivity (Wildman–Crippen MR) is 38.2 cm³/mol. The molecule has 3 N–H and O–H groups in total. The van der Waals surface area contributed by atoms with Crippen LogP contribution in [0.3, 0.4) is 0 Å². The van der Waals surface area contributed by atoms with E-state index in [-0.39, 0.29) is 0 Å². The number of nitrogens with zero attached hydrogens (tertiary/aromatic N) is 2. The largest absolute Gasteiger partial charge is 0.480 e. The molecule has 6 heteroatoms. The lowest BCUT2D eigenvalue weighted by Crippen LogP contribution is -2.30. The number of hydrogen-bond acceptors (Lipinski definition) is 5. The van der Waals surface area contributed by atoms with Crippen molar-refractivity contribution in [3.63, 3.8) is 0 Å². The molecule has 0 fully saturated rings. The van der Waals surface area contributed by atoms with Crippen LogP contribution in [0.2, 0.25) is 0 Å². The molecule has 0 amide bonds. The van der Waals surface area contributed by atoms with Gasteiger partial charge in [-0.1, -0.05) is 0 Å². The van der Waals surface area contributed by atoms with Crippen LogP contribution in [0.25, 0.3) is 0 Å². The van der Waals surface area contributed by atoms with E-state index in [0.29, 0.717) is 18.7 Å². The second-order valence-corrected chi connectivity index (χ2v) is 2.32. The maximum absolute atomic E-state index is 10.3. The maximum atomic E-state index is 10.3. The topological polar surface area (TPSA) is 102 Å². The third-order valence-corrected chi connectivity index (χ3v) is 1.39. The molecule has 12 heavy (non-hydrogen) atoms. The monoisotopic (exact) mass is 171 g/mol. The second kappa shape index (κ2) is 3.82. The molecule has 1 aromatic heterocycles. The van der Waals surface area contributed by atoms with Crippen molar-refractivity contribution in [3.8, 4) is 0 Å². The van der Waals surface area contributed by atoms with E-state index in [1.807, 2.05) is 0 Å². The molecular weight excluding hydrogens is 162 g/mol. The molecule has 0 saturated carbocycles. The van der Waals surface area contributed by atoms with E-state index in [0.717, 1.165) is 0 Å². The van der Waals surface area contributed by atoms with Crippen LogP contribution in [0.1, 0.15) is 12.3 Å². The molecule has 0 aliphatic heterocycles. The maximum Gasteiger partial charge on any atom is 0.320 e. The molecule has 0 saturated heterocycles. The molecule has 1 aromatic rings. The van der Waals surface area contributed by atoms with Gasteiger partial charge in [0.1, 0.15) is 6.04 Å². The number of carboxylic acid groups (broad SMARTS) is 1. The summed E-state index contributed by atoms with van der Waals surface area (Å²) in [5, 5.41) is 15.4. The molecule has 1 atom stereocenters. The van der Waals surface area contributed by atoms with Gasteiger partial charge in [-0.25, -0.2) is 0 Å². The lowest BCUT2D eigenvalue weighted by atomic mass is 10.2. The first-order chi connectivity index (χ1) is 5.70. The molecule has 6 nitrogen and oxygen atoms in total. The highest BCUT2D eigenvalue weighted by molar-refractivity contribution is 5.72. The Bertz CT molecular complexity index is 247. The Morgan fingerprint density at radius 3 is 3.08 bits per heavy atom. The summed E-state index contributed by atoms with van der Waals surface area (Å²) < 4.78 is 4.79. The molecule has 0 spiro atoms. The van der Waals surface area contributed by atoms with E-state index in [2.05, 4.69) is 10.2 Å². The number of aromatic nitrogens is 2. The minimum Gasteiger partial charge on any atom is -0.480 e. The normalized spacial score (nSPS) is 12.8. The SMILES string of the molecule is NC(CCc1nnco1)C(=O)O. The Kier molecular flexibility index (Phi) is 2.76. The van der Waals surface area contributed by atoms with Gasteiger partial charge in [-0.15, -0.1) is 10.2 Å². The fourth-order valence-electron chi connectivity index (χ4n) is 0.707. The lowest BCUT2D eigenvalue weighted by Gasteiger charge is -2.01. The zero-order chi connectivity index (χ0) is 8.97. The van der Waals surface area contributed by atoms with E-state index in [4.69, 9.17) is 15.3 Å². The first-order valence-corrected chi connectivity index (χ1v) is 3.43. The third-order valence-electron chi connectivity index (χ3n) is 1.39. The summed E-state index contributed by atoms with van der Waals surface area (Å²) in [5.41, 5.74) is 5.24. The highest BCUT2D eigenvalue weighted by Gasteiger charge is 2.12. The summed E-state index contributed by atoms with van der Waals surface area (Å²) in [6.45, 7) is 0. The zero-order valence-corrected chi connectivity index (χ0v) is 6.30. The van der Waals surface area contributed by atoms with Crippen LogP contribution in [0.5, 0.6) is 0 Å². The Hall–Kier alpha value is -1.43. The van der Waals surface area contributed by atoms with Crippen LogP contribution in [0.4, 0.5) is 0 Å². The smallest absolute Gasteiger partial charge is 0.320 e. The third kappa shape index (κ3) is 2.31. The first-order valence-electron chi connectivity index (χ1n) is 3.43. The van der Waals surface area contributed by atoms with E-state index in [1.54, 1.807) is 0 Å². The van der Waals surface area contributed by atoms with Gasteiger partial charge in [0, 0.05) is 6.42 Å². The zero-order valence-electron chi connectivity index (χ0n) is 6.30. The minimum absolute atomic E-state index is 0.303. The van der Waals surface area contributed by atoms with Crippen molar-refractivity contribution in [1.29, 1.82) is 0 Å². The van der Waals surface area contributed by atoms with Crippen LogP contribution >= 0.6 is 0 Å². The second-order valence-electron chi connectivity index (χ2n) is 2.32. The van der Waals surface area contributed by atoms with E-state index in [9.17, 15) is 4.79 Å². The number of aryl methyl sites for hydroxylation is 1. The standard InChI is InChI=1S/C6H9N3O3/c7-4(6(10)11)1-2-5-9-8-3-12-5/h3-4H,1-2,7H2,(H,10,11). The quantitative estimate of drug-likeness (QED) is 0.627. The first kappa shape index (κ1) is 8.66. The van der Waals surface area contributed by atoms with Crippen molar-refractivity contribution >= 4 is 5.97 Å². The summed E-state index contributed by atoms with van der Waals surface area (Å²) in [6.07, 6.45) is 1.90. The number of rotatable bonds is 4. The van der Waals surface area contributed by atoms with Crippen molar-refractivity contribution in [3.05, 3.63) is 12.3 Å². The Morgan fingerprint density at radius 2 is 2.58 bits per heavy atom. The summed E-state index contributed by atoms with van der Waals surface area (Å²) >= 11 is 0. The molecule has 1 rings (SSSR count). The van der Waals surface area contributed by atoms with Gasteiger partial charge >= 0.3 is 5.97 Å². The number of nitrogens with two attached hydrogens (primary N) is 1. The predicted octanol–water partition coefficient (Wildman–Crippen LogP) is -0.586. The molecule has 66 valence electrons. The fourth-order valence-corrected chi connectivity index (χ4v) is 0.707. The van der Waals surface area contributed by atoms with Crippen molar-refractivity contribution < 1.29 is 14.3 Å². The van der Waals surface area contributed by atoms with Crippen molar-refractivity contribution in [2.24, 2.45) is 5.73 Å². The molecule has 0 aromatic carbocycles. The van der Waals surface area contributed by atoms with Gasteiger partial charge < -0.3 is 15.3 Å². The number of hydrogen-bond donors (Lipinski definition) is 2. The van der Waals surface area contributed by atoms with Crippen molar-refractivity contribution in [2.45, 2.75) is 18.9 Å². The van der Waals surface area contributed by atoms with Gasteiger partial charge in [-0.05, 0) is 6.42 Å². The van der Waals surface area contributed by atoms with Crippen molar-refractivity contribution in [2.75, 3.05) is 0 Å². The average Bonchev–Trinajstić information content (AvgIpc) is 2.51.